The summed E-state index contributed by atoms with van der Waals surface area (Å²) in [4.78, 5) is 19.3. The SMILES string of the molecule is COc1cc(C)nc(NC(=O)NS(=O)(=O)c2ccc(-c3ccccc3)cc2S(=O)(=O)N(C)C)n1. The second-order valence-corrected chi connectivity index (χ2v) is 11.0. The van der Waals surface area contributed by atoms with E-state index in [1.165, 1.54) is 39.4 Å². The number of nitrogens with one attached hydrogen (secondary N) is 2. The average molecular weight is 506 g/mol. The van der Waals surface area contributed by atoms with Crippen LogP contribution in [-0.2, 0) is 20.0 Å². The smallest absolute Gasteiger partial charge is 0.335 e. The van der Waals surface area contributed by atoms with Crippen LogP contribution in [-0.4, -0.2) is 58.3 Å². The second kappa shape index (κ2) is 9.75. The van der Waals surface area contributed by atoms with Crippen molar-refractivity contribution in [1.82, 2.24) is 19.0 Å². The molecule has 3 aromatic rings. The molecule has 3 rings (SSSR count). The maximum atomic E-state index is 13.0. The molecule has 0 spiro atoms. The van der Waals surface area contributed by atoms with Gasteiger partial charge in [0.05, 0.1) is 7.11 Å². The number of rotatable bonds is 7. The minimum Gasteiger partial charge on any atom is -0.481 e. The molecular weight excluding hydrogens is 482 g/mol. The number of carbonyl (C=O) groups excluding carboxylic acids is 1. The topological polar surface area (TPSA) is 148 Å². The van der Waals surface area contributed by atoms with E-state index in [1.54, 1.807) is 37.3 Å². The molecule has 0 unspecified atom stereocenters. The van der Waals surface area contributed by atoms with E-state index in [-0.39, 0.29) is 11.8 Å². The summed E-state index contributed by atoms with van der Waals surface area (Å²) in [6.45, 7) is 1.64. The van der Waals surface area contributed by atoms with Gasteiger partial charge in [0.2, 0.25) is 21.9 Å². The highest BCUT2D eigenvalue weighted by molar-refractivity contribution is 7.92. The Kier molecular flexibility index (Phi) is 7.19. The van der Waals surface area contributed by atoms with Gasteiger partial charge in [-0.1, -0.05) is 36.4 Å². The molecule has 0 bridgehead atoms. The molecule has 0 aliphatic rings. The predicted octanol–water partition coefficient (Wildman–Crippen LogP) is 2.22. The summed E-state index contributed by atoms with van der Waals surface area (Å²) in [6.07, 6.45) is 0. The summed E-state index contributed by atoms with van der Waals surface area (Å²) >= 11 is 0. The maximum Gasteiger partial charge on any atom is 0.335 e. The van der Waals surface area contributed by atoms with Crippen LogP contribution in [0.15, 0.2) is 64.4 Å². The number of aromatic nitrogens is 2. The van der Waals surface area contributed by atoms with Crippen molar-refractivity contribution in [2.24, 2.45) is 0 Å². The number of benzene rings is 2. The Labute approximate surface area is 197 Å². The van der Waals surface area contributed by atoms with Gasteiger partial charge in [0.15, 0.2) is 0 Å². The van der Waals surface area contributed by atoms with Crippen LogP contribution in [0.25, 0.3) is 11.1 Å². The largest absolute Gasteiger partial charge is 0.481 e. The van der Waals surface area contributed by atoms with Gasteiger partial charge < -0.3 is 4.74 Å². The van der Waals surface area contributed by atoms with Crippen molar-refractivity contribution in [1.29, 1.82) is 0 Å². The number of sulfonamides is 2. The van der Waals surface area contributed by atoms with Crippen LogP contribution in [0.4, 0.5) is 10.7 Å². The van der Waals surface area contributed by atoms with Gasteiger partial charge >= 0.3 is 6.03 Å². The summed E-state index contributed by atoms with van der Waals surface area (Å²) in [5, 5.41) is 2.21. The lowest BCUT2D eigenvalue weighted by atomic mass is 10.1. The van der Waals surface area contributed by atoms with Gasteiger partial charge in [-0.2, -0.15) is 4.98 Å². The molecule has 0 aliphatic heterocycles. The number of hydrogen-bond donors (Lipinski definition) is 2. The van der Waals surface area contributed by atoms with Crippen molar-refractivity contribution in [2.45, 2.75) is 16.7 Å². The predicted molar refractivity (Wildman–Crippen MR) is 125 cm³/mol. The van der Waals surface area contributed by atoms with Crippen LogP contribution in [0.1, 0.15) is 5.69 Å². The molecular formula is C21H23N5O6S2. The molecule has 0 aliphatic carbocycles. The highest BCUT2D eigenvalue weighted by Gasteiger charge is 2.30. The zero-order chi connectivity index (χ0) is 25.1. The molecule has 0 saturated carbocycles. The number of amides is 2. The lowest BCUT2D eigenvalue weighted by Gasteiger charge is -2.17. The lowest BCUT2D eigenvalue weighted by Crippen LogP contribution is -2.36. The number of nitrogens with zero attached hydrogens (tertiary/aromatic N) is 3. The van der Waals surface area contributed by atoms with Crippen LogP contribution in [0, 0.1) is 6.92 Å². The Morgan fingerprint density at radius 2 is 1.59 bits per heavy atom. The highest BCUT2D eigenvalue weighted by Crippen LogP contribution is 2.29. The third-order valence-electron chi connectivity index (χ3n) is 4.59. The Morgan fingerprint density at radius 3 is 2.21 bits per heavy atom. The first-order chi connectivity index (χ1) is 15.9. The van der Waals surface area contributed by atoms with Crippen LogP contribution in [0.5, 0.6) is 5.88 Å². The van der Waals surface area contributed by atoms with Gasteiger partial charge in [0.1, 0.15) is 9.79 Å². The van der Waals surface area contributed by atoms with E-state index in [2.05, 4.69) is 15.3 Å². The standard InChI is InChI=1S/C21H23N5O6S2/c1-14-12-19(32-4)23-20(22-14)24-21(27)25-33(28,29)17-11-10-16(15-8-6-5-7-9-15)13-18(17)34(30,31)26(2)3/h5-13H,1-4H3,(H2,22,23,24,25,27). The second-order valence-electron chi connectivity index (χ2n) is 7.25. The Morgan fingerprint density at radius 1 is 0.912 bits per heavy atom. The van der Waals surface area contributed by atoms with E-state index in [0.29, 0.717) is 16.8 Å². The van der Waals surface area contributed by atoms with E-state index in [1.807, 2.05) is 4.72 Å². The first-order valence-electron chi connectivity index (χ1n) is 9.79. The highest BCUT2D eigenvalue weighted by atomic mass is 32.2. The van der Waals surface area contributed by atoms with Crippen molar-refractivity contribution < 1.29 is 26.4 Å². The molecule has 0 fully saturated rings. The molecule has 2 amide bonds. The van der Waals surface area contributed by atoms with Gasteiger partial charge in [-0.3, -0.25) is 5.32 Å². The zero-order valence-electron chi connectivity index (χ0n) is 18.8. The molecule has 0 atom stereocenters. The first kappa shape index (κ1) is 25.1. The molecule has 1 heterocycles. The van der Waals surface area contributed by atoms with Gasteiger partial charge in [-0.25, -0.2) is 35.6 Å². The number of carbonyl (C=O) groups is 1. The van der Waals surface area contributed by atoms with E-state index < -0.39 is 35.9 Å². The van der Waals surface area contributed by atoms with Crippen LogP contribution >= 0.6 is 0 Å². The first-order valence-corrected chi connectivity index (χ1v) is 12.7. The summed E-state index contributed by atoms with van der Waals surface area (Å²) < 4.78 is 59.7. The minimum atomic E-state index is -4.61. The Balaban J connectivity index is 2.00. The fourth-order valence-electron chi connectivity index (χ4n) is 2.94. The summed E-state index contributed by atoms with van der Waals surface area (Å²) in [7, 11) is -4.86. The van der Waals surface area contributed by atoms with Gasteiger partial charge in [-0.05, 0) is 30.2 Å². The van der Waals surface area contributed by atoms with E-state index >= 15 is 0 Å². The number of aryl methyl sites for hydroxylation is 1. The summed E-state index contributed by atoms with van der Waals surface area (Å²) in [6, 6.07) is 13.1. The van der Waals surface area contributed by atoms with Crippen molar-refractivity contribution in [2.75, 3.05) is 26.5 Å². The van der Waals surface area contributed by atoms with Gasteiger partial charge in [0, 0.05) is 25.9 Å². The van der Waals surface area contributed by atoms with Crippen molar-refractivity contribution >= 4 is 32.0 Å². The molecule has 2 aromatic carbocycles. The molecule has 34 heavy (non-hydrogen) atoms. The number of methoxy groups -OCH3 is 1. The van der Waals surface area contributed by atoms with Crippen molar-refractivity contribution in [3.63, 3.8) is 0 Å². The number of urea groups is 1. The molecule has 1 aromatic heterocycles. The van der Waals surface area contributed by atoms with E-state index in [9.17, 15) is 21.6 Å². The normalized spacial score (nSPS) is 11.8. The molecule has 13 heteroatoms. The molecule has 180 valence electrons. The summed E-state index contributed by atoms with van der Waals surface area (Å²) in [5.74, 6) is -0.0216. The monoisotopic (exact) mass is 505 g/mol. The molecule has 2 N–H and O–H groups in total. The molecule has 11 nitrogen and oxygen atoms in total. The van der Waals surface area contributed by atoms with Crippen LogP contribution in [0.3, 0.4) is 0 Å². The quantitative estimate of drug-likeness (QED) is 0.497. The zero-order valence-corrected chi connectivity index (χ0v) is 20.4. The van der Waals surface area contributed by atoms with Gasteiger partial charge in [0.25, 0.3) is 10.0 Å². The maximum absolute atomic E-state index is 13.0. The van der Waals surface area contributed by atoms with Crippen molar-refractivity contribution in [3.8, 4) is 17.0 Å². The van der Waals surface area contributed by atoms with Crippen LogP contribution < -0.4 is 14.8 Å². The van der Waals surface area contributed by atoms with Crippen molar-refractivity contribution in [3.05, 3.63) is 60.3 Å². The third kappa shape index (κ3) is 5.50. The number of anilines is 1. The average Bonchev–Trinajstić information content (AvgIpc) is 2.78. The number of ether oxygens (including phenoxy) is 1. The fourth-order valence-corrected chi connectivity index (χ4v) is 5.56. The van der Waals surface area contributed by atoms with E-state index in [4.69, 9.17) is 4.74 Å². The van der Waals surface area contributed by atoms with Crippen LogP contribution in [0.2, 0.25) is 0 Å². The number of hydrogen-bond acceptors (Lipinski definition) is 8. The molecule has 0 saturated heterocycles. The summed E-state index contributed by atoms with van der Waals surface area (Å²) in [5.41, 5.74) is 1.66. The molecule has 0 radical (unpaired) electrons. The fraction of sp³-hybridized carbons (Fsp3) is 0.190. The Bertz CT molecular complexity index is 1430. The Hall–Kier alpha value is -3.55. The van der Waals surface area contributed by atoms with Gasteiger partial charge in [-0.15, -0.1) is 0 Å². The van der Waals surface area contributed by atoms with E-state index in [0.717, 1.165) is 10.4 Å². The third-order valence-corrected chi connectivity index (χ3v) is 7.96. The minimum absolute atomic E-state index is 0.168. The lowest BCUT2D eigenvalue weighted by molar-refractivity contribution is 0.256.